The number of Topliss-reactive ketones (excluding diaryl/α,β-unsaturated/α-hetero) is 1. The molecule has 2 heterocycles. The Kier molecular flexibility index (Phi) is 5.84. The topological polar surface area (TPSA) is 98.9 Å². The zero-order valence-electron chi connectivity index (χ0n) is 16.5. The van der Waals surface area contributed by atoms with Gasteiger partial charge in [-0.25, -0.2) is 9.97 Å². The van der Waals surface area contributed by atoms with Crippen molar-refractivity contribution < 1.29 is 9.72 Å². The van der Waals surface area contributed by atoms with E-state index in [0.717, 1.165) is 28.1 Å². The molecule has 7 nitrogen and oxygen atoms in total. The van der Waals surface area contributed by atoms with E-state index in [2.05, 4.69) is 15.0 Å². The lowest BCUT2D eigenvalue weighted by molar-refractivity contribution is -0.384. The predicted molar refractivity (Wildman–Crippen MR) is 116 cm³/mol. The van der Waals surface area contributed by atoms with Crippen LogP contribution >= 0.6 is 0 Å². The quantitative estimate of drug-likeness (QED) is 0.253. The van der Waals surface area contributed by atoms with Gasteiger partial charge in [0, 0.05) is 54.2 Å². The second-order valence-corrected chi connectivity index (χ2v) is 7.03. The van der Waals surface area contributed by atoms with Crippen LogP contribution in [0.5, 0.6) is 0 Å². The van der Waals surface area contributed by atoms with Gasteiger partial charge in [0.25, 0.3) is 5.69 Å². The minimum Gasteiger partial charge on any atom is -0.294 e. The van der Waals surface area contributed by atoms with E-state index < -0.39 is 4.92 Å². The fourth-order valence-electron chi connectivity index (χ4n) is 3.29. The van der Waals surface area contributed by atoms with Crippen molar-refractivity contribution in [3.05, 3.63) is 118 Å². The number of non-ortho nitro benzene ring substituents is 1. The highest BCUT2D eigenvalue weighted by Gasteiger charge is 2.11. The molecule has 4 aromatic rings. The fourth-order valence-corrected chi connectivity index (χ4v) is 3.29. The SMILES string of the molecule is O=C(Cc1cccc(Cc2cc(-c3ccncc3)ncn2)c1)c1ccc([N+](=O)[O-])cc1. The summed E-state index contributed by atoms with van der Waals surface area (Å²) in [5.41, 5.74) is 5.01. The third-order valence-corrected chi connectivity index (χ3v) is 4.84. The molecule has 0 aliphatic carbocycles. The smallest absolute Gasteiger partial charge is 0.269 e. The molecule has 0 atom stereocenters. The minimum absolute atomic E-state index is 0.0328. The number of ketones is 1. The Bertz CT molecular complexity index is 1230. The van der Waals surface area contributed by atoms with E-state index in [0.29, 0.717) is 12.0 Å². The van der Waals surface area contributed by atoms with Crippen LogP contribution < -0.4 is 0 Å². The summed E-state index contributed by atoms with van der Waals surface area (Å²) < 4.78 is 0. The standard InChI is InChI=1S/C24H18N4O3/c29-24(20-4-6-22(7-5-20)28(30)31)14-18-3-1-2-17(12-18)13-21-15-23(27-16-26-21)19-8-10-25-11-9-19/h1-12,15-16H,13-14H2. The molecule has 0 N–H and O–H groups in total. The van der Waals surface area contributed by atoms with E-state index in [1.54, 1.807) is 18.7 Å². The second kappa shape index (κ2) is 9.04. The summed E-state index contributed by atoms with van der Waals surface area (Å²) >= 11 is 0. The molecular formula is C24H18N4O3. The third-order valence-electron chi connectivity index (χ3n) is 4.84. The maximum Gasteiger partial charge on any atom is 0.269 e. The van der Waals surface area contributed by atoms with E-state index in [-0.39, 0.29) is 17.9 Å². The van der Waals surface area contributed by atoms with Crippen molar-refractivity contribution in [2.75, 3.05) is 0 Å². The van der Waals surface area contributed by atoms with Gasteiger partial charge in [-0.1, -0.05) is 24.3 Å². The lowest BCUT2D eigenvalue weighted by Crippen LogP contribution is -2.04. The molecule has 152 valence electrons. The molecule has 0 aliphatic rings. The van der Waals surface area contributed by atoms with Gasteiger partial charge in [-0.15, -0.1) is 0 Å². The van der Waals surface area contributed by atoms with Crippen LogP contribution in [0.3, 0.4) is 0 Å². The largest absolute Gasteiger partial charge is 0.294 e. The highest BCUT2D eigenvalue weighted by Crippen LogP contribution is 2.19. The molecule has 2 aromatic carbocycles. The summed E-state index contributed by atoms with van der Waals surface area (Å²) in [4.78, 5) is 35.6. The molecule has 0 radical (unpaired) electrons. The van der Waals surface area contributed by atoms with Crippen molar-refractivity contribution in [2.24, 2.45) is 0 Å². The van der Waals surface area contributed by atoms with Crippen molar-refractivity contribution in [2.45, 2.75) is 12.8 Å². The van der Waals surface area contributed by atoms with Crippen molar-refractivity contribution in [1.29, 1.82) is 0 Å². The highest BCUT2D eigenvalue weighted by atomic mass is 16.6. The number of pyridine rings is 1. The lowest BCUT2D eigenvalue weighted by Gasteiger charge is -2.07. The van der Waals surface area contributed by atoms with Crippen LogP contribution in [0, 0.1) is 10.1 Å². The third kappa shape index (κ3) is 5.02. The molecule has 2 aromatic heterocycles. The first kappa shape index (κ1) is 20.0. The number of benzene rings is 2. The van der Waals surface area contributed by atoms with E-state index in [4.69, 9.17) is 0 Å². The van der Waals surface area contributed by atoms with Crippen molar-refractivity contribution in [1.82, 2.24) is 15.0 Å². The Morgan fingerprint density at radius 1 is 0.903 bits per heavy atom. The Morgan fingerprint density at radius 3 is 2.39 bits per heavy atom. The molecule has 4 rings (SSSR count). The van der Waals surface area contributed by atoms with Gasteiger partial charge in [-0.3, -0.25) is 19.9 Å². The summed E-state index contributed by atoms with van der Waals surface area (Å²) in [6.45, 7) is 0. The minimum atomic E-state index is -0.481. The summed E-state index contributed by atoms with van der Waals surface area (Å²) in [6, 6.07) is 19.2. The molecular weight excluding hydrogens is 392 g/mol. The molecule has 0 amide bonds. The normalized spacial score (nSPS) is 10.6. The average Bonchev–Trinajstić information content (AvgIpc) is 2.80. The number of hydrogen-bond donors (Lipinski definition) is 0. The van der Waals surface area contributed by atoms with Gasteiger partial charge in [-0.05, 0) is 41.5 Å². The van der Waals surface area contributed by atoms with Gasteiger partial charge in [0.2, 0.25) is 0 Å². The summed E-state index contributed by atoms with van der Waals surface area (Å²) in [6.07, 6.45) is 5.83. The number of rotatable bonds is 7. The molecule has 0 spiro atoms. The number of nitro benzene ring substituents is 1. The number of hydrogen-bond acceptors (Lipinski definition) is 6. The maximum absolute atomic E-state index is 12.6. The fraction of sp³-hybridized carbons (Fsp3) is 0.0833. The van der Waals surface area contributed by atoms with Crippen LogP contribution in [0.25, 0.3) is 11.3 Å². The van der Waals surface area contributed by atoms with Crippen LogP contribution in [0.4, 0.5) is 5.69 Å². The van der Waals surface area contributed by atoms with Gasteiger partial charge in [0.05, 0.1) is 10.6 Å². The number of carbonyl (C=O) groups excluding carboxylic acids is 1. The summed E-state index contributed by atoms with van der Waals surface area (Å²) in [7, 11) is 0. The number of nitrogens with zero attached hydrogens (tertiary/aromatic N) is 4. The number of nitro groups is 1. The molecule has 7 heteroatoms. The second-order valence-electron chi connectivity index (χ2n) is 7.03. The Balaban J connectivity index is 1.47. The molecule has 0 fully saturated rings. The van der Waals surface area contributed by atoms with Gasteiger partial charge >= 0.3 is 0 Å². The molecule has 0 saturated carbocycles. The summed E-state index contributed by atoms with van der Waals surface area (Å²) in [5.74, 6) is -0.0888. The average molecular weight is 410 g/mol. The monoisotopic (exact) mass is 410 g/mol. The zero-order valence-corrected chi connectivity index (χ0v) is 16.5. The zero-order chi connectivity index (χ0) is 21.6. The van der Waals surface area contributed by atoms with E-state index in [1.807, 2.05) is 42.5 Å². The first-order valence-electron chi connectivity index (χ1n) is 9.65. The molecule has 0 unspecified atom stereocenters. The van der Waals surface area contributed by atoms with Crippen molar-refractivity contribution >= 4 is 11.5 Å². The Labute approximate surface area is 178 Å². The maximum atomic E-state index is 12.6. The highest BCUT2D eigenvalue weighted by molar-refractivity contribution is 5.97. The Hall–Kier alpha value is -4.26. The van der Waals surface area contributed by atoms with Crippen LogP contribution in [-0.2, 0) is 12.8 Å². The number of carbonyl (C=O) groups is 1. The molecule has 0 saturated heterocycles. The van der Waals surface area contributed by atoms with Crippen LogP contribution in [0.1, 0.15) is 27.2 Å². The molecule has 31 heavy (non-hydrogen) atoms. The summed E-state index contributed by atoms with van der Waals surface area (Å²) in [5, 5.41) is 10.8. The van der Waals surface area contributed by atoms with Gasteiger partial charge in [0.1, 0.15) is 6.33 Å². The number of aromatic nitrogens is 3. The van der Waals surface area contributed by atoms with E-state index >= 15 is 0 Å². The lowest BCUT2D eigenvalue weighted by atomic mass is 9.99. The first-order valence-corrected chi connectivity index (χ1v) is 9.65. The molecule has 0 bridgehead atoms. The van der Waals surface area contributed by atoms with Gasteiger partial charge in [-0.2, -0.15) is 0 Å². The van der Waals surface area contributed by atoms with Gasteiger partial charge in [0.15, 0.2) is 5.78 Å². The first-order chi connectivity index (χ1) is 15.1. The van der Waals surface area contributed by atoms with Crippen molar-refractivity contribution in [3.8, 4) is 11.3 Å². The van der Waals surface area contributed by atoms with Gasteiger partial charge < -0.3 is 0 Å². The molecule has 0 aliphatic heterocycles. The van der Waals surface area contributed by atoms with Crippen LogP contribution in [0.15, 0.2) is 85.5 Å². The van der Waals surface area contributed by atoms with Crippen molar-refractivity contribution in [3.63, 3.8) is 0 Å². The Morgan fingerprint density at radius 2 is 1.65 bits per heavy atom. The van der Waals surface area contributed by atoms with E-state index in [9.17, 15) is 14.9 Å². The van der Waals surface area contributed by atoms with Crippen LogP contribution in [0.2, 0.25) is 0 Å². The predicted octanol–water partition coefficient (Wildman–Crippen LogP) is 4.46. The van der Waals surface area contributed by atoms with E-state index in [1.165, 1.54) is 24.3 Å². The van der Waals surface area contributed by atoms with Crippen LogP contribution in [-0.4, -0.2) is 25.7 Å².